The van der Waals surface area contributed by atoms with Gasteiger partial charge in [0.15, 0.2) is 0 Å². The third-order valence-electron chi connectivity index (χ3n) is 2.99. The number of alkyl halides is 1. The Hall–Kier alpha value is 0.670. The molecule has 1 aliphatic carbocycles. The number of sulfonamides is 1. The molecule has 2 atom stereocenters. The van der Waals surface area contributed by atoms with Gasteiger partial charge in [-0.1, -0.05) is 18.0 Å². The zero-order valence-electron chi connectivity index (χ0n) is 9.33. The summed E-state index contributed by atoms with van der Waals surface area (Å²) in [6, 6.07) is 1.45. The summed E-state index contributed by atoms with van der Waals surface area (Å²) in [6.45, 7) is 0.392. The number of nitrogens with one attached hydrogen (secondary N) is 1. The molecule has 0 spiro atoms. The third kappa shape index (κ3) is 3.41. The first kappa shape index (κ1) is 15.1. The Balaban J connectivity index is 2.03. The van der Waals surface area contributed by atoms with Gasteiger partial charge in [-0.15, -0.1) is 22.9 Å². The van der Waals surface area contributed by atoms with Crippen molar-refractivity contribution < 1.29 is 8.42 Å². The molecule has 0 saturated heterocycles. The van der Waals surface area contributed by atoms with E-state index in [2.05, 4.69) is 20.7 Å². The second-order valence-corrected chi connectivity index (χ2v) is 9.58. The van der Waals surface area contributed by atoms with Gasteiger partial charge in [0.25, 0.3) is 0 Å². The fraction of sp³-hybridized carbons (Fsp3) is 0.600. The fourth-order valence-corrected chi connectivity index (χ4v) is 5.88. The van der Waals surface area contributed by atoms with Gasteiger partial charge in [0.1, 0.15) is 4.21 Å². The first-order chi connectivity index (χ1) is 8.40. The van der Waals surface area contributed by atoms with Crippen LogP contribution in [0.2, 0.25) is 5.02 Å². The van der Waals surface area contributed by atoms with Gasteiger partial charge in [-0.3, -0.25) is 0 Å². The van der Waals surface area contributed by atoms with E-state index in [1.807, 2.05) is 0 Å². The van der Waals surface area contributed by atoms with Crippen LogP contribution in [0.4, 0.5) is 0 Å². The molecule has 0 amide bonds. The maximum Gasteiger partial charge on any atom is 0.250 e. The van der Waals surface area contributed by atoms with E-state index in [9.17, 15) is 8.42 Å². The molecule has 0 aromatic carbocycles. The smallest absolute Gasteiger partial charge is 0.210 e. The van der Waals surface area contributed by atoms with Crippen molar-refractivity contribution in [3.05, 3.63) is 14.9 Å². The zero-order valence-corrected chi connectivity index (χ0v) is 14.1. The topological polar surface area (TPSA) is 46.2 Å². The minimum Gasteiger partial charge on any atom is -0.210 e. The average Bonchev–Trinajstić information content (AvgIpc) is 2.84. The molecule has 1 aromatic rings. The summed E-state index contributed by atoms with van der Waals surface area (Å²) in [5.41, 5.74) is 0. The molecule has 18 heavy (non-hydrogen) atoms. The highest BCUT2D eigenvalue weighted by Crippen LogP contribution is 2.35. The van der Waals surface area contributed by atoms with Crippen LogP contribution in [0, 0.1) is 5.92 Å². The van der Waals surface area contributed by atoms with Crippen molar-refractivity contribution in [1.82, 2.24) is 4.72 Å². The second-order valence-electron chi connectivity index (χ2n) is 4.25. The molecule has 0 radical (unpaired) electrons. The molecule has 0 bridgehead atoms. The van der Waals surface area contributed by atoms with E-state index in [1.54, 1.807) is 0 Å². The molecule has 1 aliphatic rings. The molecule has 2 unspecified atom stereocenters. The van der Waals surface area contributed by atoms with Gasteiger partial charge in [0, 0.05) is 11.9 Å². The Bertz CT molecular complexity index is 512. The minimum absolute atomic E-state index is 0.0753. The van der Waals surface area contributed by atoms with E-state index in [4.69, 9.17) is 23.2 Å². The summed E-state index contributed by atoms with van der Waals surface area (Å²) in [4.78, 5) is 0. The van der Waals surface area contributed by atoms with Crippen LogP contribution in [0.5, 0.6) is 0 Å². The molecular formula is C10H12BrCl2NO2S2. The quantitative estimate of drug-likeness (QED) is 0.791. The lowest BCUT2D eigenvalue weighted by atomic mass is 10.1. The normalized spacial score (nSPS) is 24.6. The molecular weight excluding hydrogens is 381 g/mol. The number of rotatable bonds is 4. The zero-order chi connectivity index (χ0) is 13.3. The molecule has 0 aliphatic heterocycles. The minimum atomic E-state index is -3.48. The van der Waals surface area contributed by atoms with Crippen LogP contribution >= 0.6 is 50.5 Å². The van der Waals surface area contributed by atoms with Gasteiger partial charge in [-0.2, -0.15) is 0 Å². The Kier molecular flexibility index (Phi) is 5.00. The molecule has 3 nitrogen and oxygen atoms in total. The van der Waals surface area contributed by atoms with Crippen molar-refractivity contribution in [2.24, 2.45) is 5.92 Å². The monoisotopic (exact) mass is 391 g/mol. The van der Waals surface area contributed by atoms with Gasteiger partial charge in [-0.25, -0.2) is 13.1 Å². The van der Waals surface area contributed by atoms with Crippen molar-refractivity contribution in [3.63, 3.8) is 0 Å². The first-order valence-electron chi connectivity index (χ1n) is 5.48. The SMILES string of the molecule is O=S(=O)(NCC1CCCC1Cl)c1cc(Cl)c(Br)s1. The van der Waals surface area contributed by atoms with Crippen molar-refractivity contribution in [2.45, 2.75) is 28.8 Å². The summed E-state index contributed by atoms with van der Waals surface area (Å²) in [5.74, 6) is 0.223. The van der Waals surface area contributed by atoms with Crippen LogP contribution in [-0.2, 0) is 10.0 Å². The van der Waals surface area contributed by atoms with Crippen LogP contribution in [0.15, 0.2) is 14.1 Å². The van der Waals surface area contributed by atoms with Crippen molar-refractivity contribution >= 4 is 60.5 Å². The molecule has 1 fully saturated rings. The van der Waals surface area contributed by atoms with Crippen LogP contribution < -0.4 is 4.72 Å². The average molecular weight is 393 g/mol. The summed E-state index contributed by atoms with van der Waals surface area (Å²) in [7, 11) is -3.48. The highest BCUT2D eigenvalue weighted by Gasteiger charge is 2.27. The highest BCUT2D eigenvalue weighted by atomic mass is 79.9. The Morgan fingerprint density at radius 1 is 1.50 bits per heavy atom. The van der Waals surface area contributed by atoms with Gasteiger partial charge >= 0.3 is 0 Å². The molecule has 1 saturated carbocycles. The summed E-state index contributed by atoms with van der Waals surface area (Å²) < 4.78 is 27.5. The van der Waals surface area contributed by atoms with Gasteiger partial charge in [0.2, 0.25) is 10.0 Å². The standard InChI is InChI=1S/C10H12BrCl2NO2S2/c11-10-8(13)4-9(17-10)18(15,16)14-5-6-2-1-3-7(6)12/h4,6-7,14H,1-3,5H2. The second kappa shape index (κ2) is 5.97. The lowest BCUT2D eigenvalue weighted by Crippen LogP contribution is -2.30. The Morgan fingerprint density at radius 2 is 2.22 bits per heavy atom. The molecule has 8 heteroatoms. The Morgan fingerprint density at radius 3 is 2.72 bits per heavy atom. The first-order valence-corrected chi connectivity index (χ1v) is 9.39. The molecule has 102 valence electrons. The number of thiophene rings is 1. The molecule has 2 rings (SSSR count). The predicted octanol–water partition coefficient (Wildman–Crippen LogP) is 3.85. The van der Waals surface area contributed by atoms with E-state index in [0.29, 0.717) is 15.4 Å². The maximum absolute atomic E-state index is 12.0. The number of halogens is 3. The van der Waals surface area contributed by atoms with Gasteiger partial charge in [0.05, 0.1) is 8.81 Å². The van der Waals surface area contributed by atoms with E-state index in [0.717, 1.165) is 30.6 Å². The third-order valence-corrected chi connectivity index (χ3v) is 7.94. The summed E-state index contributed by atoms with van der Waals surface area (Å²) in [6.07, 6.45) is 3.01. The lowest BCUT2D eigenvalue weighted by Gasteiger charge is -2.13. The van der Waals surface area contributed by atoms with E-state index >= 15 is 0 Å². The van der Waals surface area contributed by atoms with Crippen LogP contribution in [-0.4, -0.2) is 20.3 Å². The van der Waals surface area contributed by atoms with E-state index in [-0.39, 0.29) is 15.5 Å². The van der Waals surface area contributed by atoms with Crippen LogP contribution in [0.1, 0.15) is 19.3 Å². The Labute approximate surface area is 129 Å². The molecule has 1 aromatic heterocycles. The maximum atomic E-state index is 12.0. The molecule has 1 heterocycles. The van der Waals surface area contributed by atoms with E-state index < -0.39 is 10.0 Å². The highest BCUT2D eigenvalue weighted by molar-refractivity contribution is 9.11. The summed E-state index contributed by atoms with van der Waals surface area (Å²) in [5, 5.41) is 0.489. The predicted molar refractivity (Wildman–Crippen MR) is 79.2 cm³/mol. The fourth-order valence-electron chi connectivity index (χ4n) is 1.97. The van der Waals surface area contributed by atoms with Crippen molar-refractivity contribution in [2.75, 3.05) is 6.54 Å². The van der Waals surface area contributed by atoms with Crippen molar-refractivity contribution in [3.8, 4) is 0 Å². The van der Waals surface area contributed by atoms with Crippen LogP contribution in [0.3, 0.4) is 0 Å². The summed E-state index contributed by atoms with van der Waals surface area (Å²) >= 11 is 16.3. The van der Waals surface area contributed by atoms with Crippen molar-refractivity contribution in [1.29, 1.82) is 0 Å². The van der Waals surface area contributed by atoms with Gasteiger partial charge in [-0.05, 0) is 40.8 Å². The van der Waals surface area contributed by atoms with E-state index in [1.165, 1.54) is 6.07 Å². The number of hydrogen-bond acceptors (Lipinski definition) is 3. The molecule has 1 N–H and O–H groups in total. The van der Waals surface area contributed by atoms with Crippen LogP contribution in [0.25, 0.3) is 0 Å². The number of hydrogen-bond donors (Lipinski definition) is 1. The van der Waals surface area contributed by atoms with Gasteiger partial charge < -0.3 is 0 Å². The lowest BCUT2D eigenvalue weighted by molar-refractivity contribution is 0.524. The largest absolute Gasteiger partial charge is 0.250 e.